The van der Waals surface area contributed by atoms with Crippen LogP contribution < -0.4 is 0 Å². The van der Waals surface area contributed by atoms with Crippen LogP contribution in [-0.4, -0.2) is 10.9 Å². The second-order valence-corrected chi connectivity index (χ2v) is 3.73. The molecule has 1 unspecified atom stereocenters. The first-order chi connectivity index (χ1) is 6.79. The van der Waals surface area contributed by atoms with Crippen molar-refractivity contribution in [2.24, 2.45) is 0 Å². The average molecular weight is 189 g/mol. The Balaban J connectivity index is 2.20. The SMILES string of the molecule is CC(C)N1C=COC1c1ccccc1. The molecule has 0 aliphatic carbocycles. The maximum atomic E-state index is 5.56. The molecule has 0 aromatic heterocycles. The molecule has 0 N–H and O–H groups in total. The van der Waals surface area contributed by atoms with Crippen LogP contribution in [0.5, 0.6) is 0 Å². The van der Waals surface area contributed by atoms with Crippen molar-refractivity contribution in [3.63, 3.8) is 0 Å². The summed E-state index contributed by atoms with van der Waals surface area (Å²) in [6.45, 7) is 4.32. The maximum Gasteiger partial charge on any atom is 0.197 e. The zero-order valence-electron chi connectivity index (χ0n) is 8.55. The van der Waals surface area contributed by atoms with E-state index in [2.05, 4.69) is 30.9 Å². The molecule has 0 radical (unpaired) electrons. The predicted molar refractivity (Wildman–Crippen MR) is 56.4 cm³/mol. The number of ether oxygens (including phenoxy) is 1. The largest absolute Gasteiger partial charge is 0.472 e. The Labute approximate surface area is 84.8 Å². The highest BCUT2D eigenvalue weighted by atomic mass is 16.5. The average Bonchev–Trinajstić information content (AvgIpc) is 2.67. The van der Waals surface area contributed by atoms with Gasteiger partial charge in [0.2, 0.25) is 0 Å². The molecule has 14 heavy (non-hydrogen) atoms. The highest BCUT2D eigenvalue weighted by Crippen LogP contribution is 2.28. The smallest absolute Gasteiger partial charge is 0.197 e. The minimum Gasteiger partial charge on any atom is -0.472 e. The van der Waals surface area contributed by atoms with Crippen LogP contribution in [0.25, 0.3) is 0 Å². The van der Waals surface area contributed by atoms with Gasteiger partial charge in [-0.1, -0.05) is 30.3 Å². The van der Waals surface area contributed by atoms with Crippen molar-refractivity contribution in [1.82, 2.24) is 4.90 Å². The van der Waals surface area contributed by atoms with Gasteiger partial charge in [-0.25, -0.2) is 0 Å². The first-order valence-electron chi connectivity index (χ1n) is 4.93. The van der Waals surface area contributed by atoms with Gasteiger partial charge in [-0.15, -0.1) is 0 Å². The Morgan fingerprint density at radius 1 is 1.21 bits per heavy atom. The second kappa shape index (κ2) is 3.74. The zero-order chi connectivity index (χ0) is 9.97. The van der Waals surface area contributed by atoms with Crippen molar-refractivity contribution >= 4 is 0 Å². The minimum atomic E-state index is 0.0520. The van der Waals surface area contributed by atoms with Gasteiger partial charge in [-0.3, -0.25) is 0 Å². The lowest BCUT2D eigenvalue weighted by Crippen LogP contribution is -2.27. The van der Waals surface area contributed by atoms with E-state index >= 15 is 0 Å². The van der Waals surface area contributed by atoms with E-state index < -0.39 is 0 Å². The van der Waals surface area contributed by atoms with E-state index in [1.165, 1.54) is 5.56 Å². The molecule has 0 bridgehead atoms. The third-order valence-electron chi connectivity index (χ3n) is 2.39. The van der Waals surface area contributed by atoms with E-state index in [1.807, 2.05) is 24.4 Å². The number of benzene rings is 1. The normalized spacial score (nSPS) is 20.2. The molecule has 0 saturated carbocycles. The van der Waals surface area contributed by atoms with Gasteiger partial charge in [-0.2, -0.15) is 0 Å². The van der Waals surface area contributed by atoms with Crippen molar-refractivity contribution < 1.29 is 4.74 Å². The van der Waals surface area contributed by atoms with E-state index in [0.717, 1.165) is 0 Å². The highest BCUT2D eigenvalue weighted by molar-refractivity contribution is 5.19. The van der Waals surface area contributed by atoms with Gasteiger partial charge in [0, 0.05) is 17.8 Å². The predicted octanol–water partition coefficient (Wildman–Crippen LogP) is 2.90. The van der Waals surface area contributed by atoms with Gasteiger partial charge in [0.15, 0.2) is 6.23 Å². The van der Waals surface area contributed by atoms with Crippen molar-refractivity contribution in [3.8, 4) is 0 Å². The fraction of sp³-hybridized carbons (Fsp3) is 0.333. The van der Waals surface area contributed by atoms with Crippen LogP contribution in [0.2, 0.25) is 0 Å². The summed E-state index contributed by atoms with van der Waals surface area (Å²) in [5.41, 5.74) is 1.20. The standard InChI is InChI=1S/C12H15NO/c1-10(2)13-8-9-14-12(13)11-6-4-3-5-7-11/h3-10,12H,1-2H3. The quantitative estimate of drug-likeness (QED) is 0.709. The zero-order valence-corrected chi connectivity index (χ0v) is 8.55. The topological polar surface area (TPSA) is 12.5 Å². The van der Waals surface area contributed by atoms with Crippen LogP contribution in [0.3, 0.4) is 0 Å². The lowest BCUT2D eigenvalue weighted by atomic mass is 10.1. The molecule has 0 fully saturated rings. The van der Waals surface area contributed by atoms with Gasteiger partial charge in [-0.05, 0) is 13.8 Å². The van der Waals surface area contributed by atoms with Crippen molar-refractivity contribution in [1.29, 1.82) is 0 Å². The van der Waals surface area contributed by atoms with E-state index in [4.69, 9.17) is 4.74 Å². The summed E-state index contributed by atoms with van der Waals surface area (Å²) in [5.74, 6) is 0. The van der Waals surface area contributed by atoms with Crippen LogP contribution in [0.15, 0.2) is 42.8 Å². The van der Waals surface area contributed by atoms with Crippen molar-refractivity contribution in [3.05, 3.63) is 48.4 Å². The highest BCUT2D eigenvalue weighted by Gasteiger charge is 2.23. The van der Waals surface area contributed by atoms with Gasteiger partial charge in [0.05, 0.1) is 0 Å². The molecular formula is C12H15NO. The number of nitrogens with zero attached hydrogens (tertiary/aromatic N) is 1. The summed E-state index contributed by atoms with van der Waals surface area (Å²) in [6, 6.07) is 10.7. The Bertz CT molecular complexity index is 318. The van der Waals surface area contributed by atoms with Crippen molar-refractivity contribution in [2.75, 3.05) is 0 Å². The summed E-state index contributed by atoms with van der Waals surface area (Å²) in [7, 11) is 0. The summed E-state index contributed by atoms with van der Waals surface area (Å²) in [6.07, 6.45) is 3.82. The van der Waals surface area contributed by atoms with Crippen LogP contribution >= 0.6 is 0 Å². The summed E-state index contributed by atoms with van der Waals surface area (Å²) in [5, 5.41) is 0. The number of hydrogen-bond acceptors (Lipinski definition) is 2. The molecule has 0 spiro atoms. The van der Waals surface area contributed by atoms with E-state index in [-0.39, 0.29) is 6.23 Å². The molecule has 1 aromatic rings. The fourth-order valence-electron chi connectivity index (χ4n) is 1.64. The van der Waals surface area contributed by atoms with E-state index in [9.17, 15) is 0 Å². The van der Waals surface area contributed by atoms with Crippen LogP contribution in [0.4, 0.5) is 0 Å². The minimum absolute atomic E-state index is 0.0520. The summed E-state index contributed by atoms with van der Waals surface area (Å²) in [4.78, 5) is 2.20. The summed E-state index contributed by atoms with van der Waals surface area (Å²) < 4.78 is 5.56. The molecule has 1 atom stereocenters. The lowest BCUT2D eigenvalue weighted by molar-refractivity contribution is 0.0394. The number of rotatable bonds is 2. The van der Waals surface area contributed by atoms with Crippen LogP contribution in [-0.2, 0) is 4.74 Å². The molecule has 2 nitrogen and oxygen atoms in total. The van der Waals surface area contributed by atoms with Gasteiger partial charge >= 0.3 is 0 Å². The van der Waals surface area contributed by atoms with Crippen LogP contribution in [0.1, 0.15) is 25.6 Å². The first kappa shape index (κ1) is 9.13. The third-order valence-corrected chi connectivity index (χ3v) is 2.39. The van der Waals surface area contributed by atoms with E-state index in [1.54, 1.807) is 6.26 Å². The van der Waals surface area contributed by atoms with Crippen molar-refractivity contribution in [2.45, 2.75) is 26.1 Å². The molecule has 1 aliphatic rings. The molecule has 0 amide bonds. The molecule has 2 heteroatoms. The monoisotopic (exact) mass is 189 g/mol. The van der Waals surface area contributed by atoms with Gasteiger partial charge in [0.1, 0.15) is 6.26 Å². The Morgan fingerprint density at radius 3 is 2.57 bits per heavy atom. The first-order valence-corrected chi connectivity index (χ1v) is 4.93. The number of hydrogen-bond donors (Lipinski definition) is 0. The maximum absolute atomic E-state index is 5.56. The Kier molecular flexibility index (Phi) is 2.44. The third kappa shape index (κ3) is 1.60. The lowest BCUT2D eigenvalue weighted by Gasteiger charge is -2.27. The molecular weight excluding hydrogens is 174 g/mol. The molecule has 1 heterocycles. The molecule has 1 aliphatic heterocycles. The molecule has 74 valence electrons. The van der Waals surface area contributed by atoms with E-state index in [0.29, 0.717) is 6.04 Å². The fourth-order valence-corrected chi connectivity index (χ4v) is 1.64. The Hall–Kier alpha value is -1.44. The van der Waals surface area contributed by atoms with Crippen LogP contribution in [0, 0.1) is 0 Å². The molecule has 2 rings (SSSR count). The second-order valence-electron chi connectivity index (χ2n) is 3.73. The van der Waals surface area contributed by atoms with Gasteiger partial charge < -0.3 is 9.64 Å². The Morgan fingerprint density at radius 2 is 1.93 bits per heavy atom. The molecule has 0 saturated heterocycles. The summed E-state index contributed by atoms with van der Waals surface area (Å²) >= 11 is 0. The molecule has 1 aromatic carbocycles. The van der Waals surface area contributed by atoms with Gasteiger partial charge in [0.25, 0.3) is 0 Å².